The van der Waals surface area contributed by atoms with E-state index in [1.54, 1.807) is 4.90 Å². The van der Waals surface area contributed by atoms with Crippen LogP contribution in [0.3, 0.4) is 0 Å². The molecular formula is C14H22N2O3. The Balaban J connectivity index is 2.08. The van der Waals surface area contributed by atoms with Crippen molar-refractivity contribution in [2.45, 2.75) is 44.6 Å². The topological polar surface area (TPSA) is 73.6 Å². The van der Waals surface area contributed by atoms with E-state index in [-0.39, 0.29) is 5.91 Å². The van der Waals surface area contributed by atoms with Gasteiger partial charge >= 0.3 is 0 Å². The molecule has 0 aromatic heterocycles. The molecule has 2 aliphatic heterocycles. The molecule has 0 aromatic rings. The van der Waals surface area contributed by atoms with Crippen LogP contribution in [0.1, 0.15) is 39.0 Å². The molecule has 5 heteroatoms. The number of likely N-dealkylation sites (tertiary alicyclic amines) is 1. The smallest absolute Gasteiger partial charge is 0.243 e. The van der Waals surface area contributed by atoms with Crippen LogP contribution in [-0.2, 0) is 9.53 Å². The second kappa shape index (κ2) is 5.48. The molecule has 2 fully saturated rings. The van der Waals surface area contributed by atoms with Gasteiger partial charge < -0.3 is 14.7 Å². The molecule has 0 aromatic carbocycles. The maximum Gasteiger partial charge on any atom is 0.243 e. The number of carbonyl (C=O) groups excluding carboxylic acids is 1. The van der Waals surface area contributed by atoms with Crippen LogP contribution in [0.5, 0.6) is 0 Å². The molecule has 0 radical (unpaired) electrons. The maximum absolute atomic E-state index is 12.6. The Labute approximate surface area is 114 Å². The Morgan fingerprint density at radius 1 is 1.26 bits per heavy atom. The normalized spacial score (nSPS) is 31.3. The fourth-order valence-corrected chi connectivity index (χ4v) is 2.86. The molecule has 19 heavy (non-hydrogen) atoms. The average Bonchev–Trinajstić information content (AvgIpc) is 2.59. The molecule has 0 bridgehead atoms. The van der Waals surface area contributed by atoms with Crippen molar-refractivity contribution in [3.05, 3.63) is 0 Å². The van der Waals surface area contributed by atoms with E-state index >= 15 is 0 Å². The van der Waals surface area contributed by atoms with Gasteiger partial charge in [-0.2, -0.15) is 5.26 Å². The van der Waals surface area contributed by atoms with Gasteiger partial charge in [0.2, 0.25) is 5.91 Å². The van der Waals surface area contributed by atoms with Crippen molar-refractivity contribution in [1.29, 1.82) is 5.26 Å². The number of amides is 1. The van der Waals surface area contributed by atoms with Gasteiger partial charge in [0.05, 0.1) is 11.7 Å². The molecule has 2 saturated heterocycles. The van der Waals surface area contributed by atoms with Crippen molar-refractivity contribution in [3.63, 3.8) is 0 Å². The van der Waals surface area contributed by atoms with Crippen molar-refractivity contribution in [3.8, 4) is 6.07 Å². The van der Waals surface area contributed by atoms with Crippen LogP contribution in [0.15, 0.2) is 0 Å². The summed E-state index contributed by atoms with van der Waals surface area (Å²) in [6, 6.07) is 2.22. The zero-order valence-corrected chi connectivity index (χ0v) is 11.5. The molecule has 2 rings (SSSR count). The van der Waals surface area contributed by atoms with Crippen LogP contribution in [0.2, 0.25) is 0 Å². The van der Waals surface area contributed by atoms with Gasteiger partial charge in [0.15, 0.2) is 0 Å². The lowest BCUT2D eigenvalue weighted by atomic mass is 9.80. The van der Waals surface area contributed by atoms with Crippen molar-refractivity contribution in [2.24, 2.45) is 5.41 Å². The van der Waals surface area contributed by atoms with Crippen LogP contribution in [0.4, 0.5) is 0 Å². The number of rotatable bonds is 1. The predicted molar refractivity (Wildman–Crippen MR) is 69.2 cm³/mol. The highest BCUT2D eigenvalue weighted by Gasteiger charge is 2.43. The maximum atomic E-state index is 12.6. The summed E-state index contributed by atoms with van der Waals surface area (Å²) in [7, 11) is 0. The molecule has 1 atom stereocenters. The second-order valence-corrected chi connectivity index (χ2v) is 5.95. The molecule has 2 aliphatic rings. The Kier molecular flexibility index (Phi) is 4.12. The zero-order chi connectivity index (χ0) is 13.9. The van der Waals surface area contributed by atoms with Gasteiger partial charge in [-0.1, -0.05) is 0 Å². The minimum absolute atomic E-state index is 0.0731. The van der Waals surface area contributed by atoms with Crippen LogP contribution in [0.25, 0.3) is 0 Å². The third-order valence-corrected chi connectivity index (χ3v) is 4.32. The quantitative estimate of drug-likeness (QED) is 0.770. The standard InChI is InChI=1S/C14H22N2O3/c1-13(18)3-2-7-16(8-4-13)12(17)14(11-15)5-9-19-10-6-14/h18H,2-10H2,1H3. The lowest BCUT2D eigenvalue weighted by Gasteiger charge is -2.34. The predicted octanol–water partition coefficient (Wildman–Crippen LogP) is 1.07. The van der Waals surface area contributed by atoms with E-state index in [0.717, 1.165) is 6.42 Å². The lowest BCUT2D eigenvalue weighted by molar-refractivity contribution is -0.143. The molecule has 1 N–H and O–H groups in total. The number of nitriles is 1. The molecule has 0 saturated carbocycles. The summed E-state index contributed by atoms with van der Waals surface area (Å²) in [5.41, 5.74) is -1.60. The number of hydrogen-bond donors (Lipinski definition) is 1. The minimum Gasteiger partial charge on any atom is -0.390 e. The van der Waals surface area contributed by atoms with Gasteiger partial charge in [0.25, 0.3) is 0 Å². The number of nitrogens with zero attached hydrogens (tertiary/aromatic N) is 2. The summed E-state index contributed by atoms with van der Waals surface area (Å²) in [6.07, 6.45) is 3.04. The first-order chi connectivity index (χ1) is 8.99. The van der Waals surface area contributed by atoms with Crippen molar-refractivity contribution >= 4 is 5.91 Å². The first-order valence-corrected chi connectivity index (χ1v) is 7.00. The van der Waals surface area contributed by atoms with Gasteiger partial charge in [-0.15, -0.1) is 0 Å². The third-order valence-electron chi connectivity index (χ3n) is 4.32. The van der Waals surface area contributed by atoms with Gasteiger partial charge in [0.1, 0.15) is 5.41 Å². The molecule has 1 unspecified atom stereocenters. The van der Waals surface area contributed by atoms with Crippen LogP contribution >= 0.6 is 0 Å². The lowest BCUT2D eigenvalue weighted by Crippen LogP contribution is -2.46. The highest BCUT2D eigenvalue weighted by Crippen LogP contribution is 2.33. The molecule has 106 valence electrons. The Morgan fingerprint density at radius 3 is 2.58 bits per heavy atom. The molecule has 2 heterocycles. The molecule has 1 amide bonds. The van der Waals surface area contributed by atoms with Crippen molar-refractivity contribution in [2.75, 3.05) is 26.3 Å². The zero-order valence-electron chi connectivity index (χ0n) is 11.5. The Morgan fingerprint density at radius 2 is 1.95 bits per heavy atom. The van der Waals surface area contributed by atoms with Crippen LogP contribution < -0.4 is 0 Å². The van der Waals surface area contributed by atoms with Crippen LogP contribution in [0, 0.1) is 16.7 Å². The van der Waals surface area contributed by atoms with Crippen molar-refractivity contribution in [1.82, 2.24) is 4.90 Å². The molecule has 5 nitrogen and oxygen atoms in total. The van der Waals surface area contributed by atoms with Gasteiger partial charge in [-0.25, -0.2) is 0 Å². The summed E-state index contributed by atoms with van der Waals surface area (Å²) in [4.78, 5) is 14.4. The monoisotopic (exact) mass is 266 g/mol. The average molecular weight is 266 g/mol. The van der Waals surface area contributed by atoms with Crippen LogP contribution in [-0.4, -0.2) is 47.8 Å². The fraction of sp³-hybridized carbons (Fsp3) is 0.857. The Bertz CT molecular complexity index is 381. The van der Waals surface area contributed by atoms with Gasteiger partial charge in [0, 0.05) is 26.3 Å². The van der Waals surface area contributed by atoms with Crippen molar-refractivity contribution < 1.29 is 14.6 Å². The number of aliphatic hydroxyl groups is 1. The van der Waals surface area contributed by atoms with E-state index in [4.69, 9.17) is 4.74 Å². The summed E-state index contributed by atoms with van der Waals surface area (Å²) < 4.78 is 5.26. The van der Waals surface area contributed by atoms with Gasteiger partial charge in [-0.05, 0) is 39.0 Å². The molecule has 0 aliphatic carbocycles. The second-order valence-electron chi connectivity index (χ2n) is 5.95. The SMILES string of the molecule is CC1(O)CCCN(C(=O)C2(C#N)CCOCC2)CC1. The van der Waals surface area contributed by atoms with E-state index in [0.29, 0.717) is 52.0 Å². The van der Waals surface area contributed by atoms with E-state index < -0.39 is 11.0 Å². The van der Waals surface area contributed by atoms with E-state index in [1.807, 2.05) is 6.92 Å². The number of carbonyl (C=O) groups is 1. The highest BCUT2D eigenvalue weighted by molar-refractivity contribution is 5.85. The number of ether oxygens (including phenoxy) is 1. The summed E-state index contributed by atoms with van der Waals surface area (Å²) in [6.45, 7) is 3.95. The summed E-state index contributed by atoms with van der Waals surface area (Å²) in [5.74, 6) is -0.0731. The van der Waals surface area contributed by atoms with E-state index in [1.165, 1.54) is 0 Å². The van der Waals surface area contributed by atoms with E-state index in [2.05, 4.69) is 6.07 Å². The third kappa shape index (κ3) is 3.07. The molecular weight excluding hydrogens is 244 g/mol. The summed E-state index contributed by atoms with van der Waals surface area (Å²) in [5, 5.41) is 19.5. The first kappa shape index (κ1) is 14.3. The fourth-order valence-electron chi connectivity index (χ4n) is 2.86. The highest BCUT2D eigenvalue weighted by atomic mass is 16.5. The summed E-state index contributed by atoms with van der Waals surface area (Å²) >= 11 is 0. The van der Waals surface area contributed by atoms with E-state index in [9.17, 15) is 15.2 Å². The minimum atomic E-state index is -0.908. The Hall–Kier alpha value is -1.12. The largest absolute Gasteiger partial charge is 0.390 e. The van der Waals surface area contributed by atoms with Gasteiger partial charge in [-0.3, -0.25) is 4.79 Å². The first-order valence-electron chi connectivity index (χ1n) is 7.00. The molecule has 0 spiro atoms. The number of hydrogen-bond acceptors (Lipinski definition) is 4.